The molecule has 0 N–H and O–H groups in total. The van der Waals surface area contributed by atoms with Crippen molar-refractivity contribution < 1.29 is 14.4 Å². The van der Waals surface area contributed by atoms with Gasteiger partial charge in [-0.05, 0) is 50.7 Å². The Balaban J connectivity index is 1.43. The number of hydrogen-bond donors (Lipinski definition) is 0. The summed E-state index contributed by atoms with van der Waals surface area (Å²) in [5.74, 6) is 0.0269. The van der Waals surface area contributed by atoms with Crippen LogP contribution < -0.4 is 0 Å². The average molecular weight is 355 g/mol. The number of rotatable bonds is 2. The molecule has 1 spiro atoms. The average Bonchev–Trinajstić information content (AvgIpc) is 3.10. The Morgan fingerprint density at radius 2 is 1.96 bits per heavy atom. The minimum Gasteiger partial charge on any atom is -0.339 e. The monoisotopic (exact) mass is 355 g/mol. The van der Waals surface area contributed by atoms with Gasteiger partial charge in [0.1, 0.15) is 6.04 Å². The molecule has 1 unspecified atom stereocenters. The van der Waals surface area contributed by atoms with Gasteiger partial charge < -0.3 is 9.80 Å². The first-order valence-electron chi connectivity index (χ1n) is 9.42. The van der Waals surface area contributed by atoms with E-state index in [1.54, 1.807) is 4.90 Å². The van der Waals surface area contributed by atoms with E-state index in [0.29, 0.717) is 26.2 Å². The van der Waals surface area contributed by atoms with Crippen molar-refractivity contribution in [1.82, 2.24) is 14.7 Å². The van der Waals surface area contributed by atoms with Crippen LogP contribution in [0.4, 0.5) is 4.79 Å². The molecule has 6 nitrogen and oxygen atoms in total. The standard InChI is InChI=1S/C20H25N3O3/c1-3-22-18(25)16-12-20(13-23(16)19(22)26)7-9-21(10-8-20)17(24)15-6-4-5-14(2)11-15/h4-6,11,16H,3,7-10,12-13H2,1-2H3. The molecule has 26 heavy (non-hydrogen) atoms. The fourth-order valence-electron chi connectivity index (χ4n) is 4.71. The smallest absolute Gasteiger partial charge is 0.327 e. The quantitative estimate of drug-likeness (QED) is 0.765. The van der Waals surface area contributed by atoms with Crippen LogP contribution in [0, 0.1) is 12.3 Å². The van der Waals surface area contributed by atoms with Gasteiger partial charge in [0.2, 0.25) is 0 Å². The fourth-order valence-corrected chi connectivity index (χ4v) is 4.71. The molecule has 4 rings (SSSR count). The maximum atomic E-state index is 12.7. The molecule has 3 heterocycles. The molecule has 0 aliphatic carbocycles. The van der Waals surface area contributed by atoms with Crippen molar-refractivity contribution in [2.75, 3.05) is 26.2 Å². The third kappa shape index (κ3) is 2.59. The number of imide groups is 1. The Labute approximate surface area is 153 Å². The van der Waals surface area contributed by atoms with Crippen LogP contribution in [0.25, 0.3) is 0 Å². The summed E-state index contributed by atoms with van der Waals surface area (Å²) >= 11 is 0. The number of amides is 4. The van der Waals surface area contributed by atoms with Gasteiger partial charge in [0, 0.05) is 31.7 Å². The highest BCUT2D eigenvalue weighted by atomic mass is 16.2. The number of urea groups is 1. The lowest BCUT2D eigenvalue weighted by atomic mass is 9.76. The van der Waals surface area contributed by atoms with Gasteiger partial charge in [-0.15, -0.1) is 0 Å². The highest BCUT2D eigenvalue weighted by Gasteiger charge is 2.56. The van der Waals surface area contributed by atoms with Crippen LogP contribution in [-0.4, -0.2) is 64.8 Å². The first-order chi connectivity index (χ1) is 12.4. The third-order valence-corrected chi connectivity index (χ3v) is 6.23. The van der Waals surface area contributed by atoms with Crippen molar-refractivity contribution in [1.29, 1.82) is 0 Å². The molecule has 4 amide bonds. The molecule has 0 bridgehead atoms. The Hall–Kier alpha value is -2.37. The largest absolute Gasteiger partial charge is 0.339 e. The molecule has 3 aliphatic rings. The van der Waals surface area contributed by atoms with Crippen LogP contribution in [0.2, 0.25) is 0 Å². The maximum Gasteiger partial charge on any atom is 0.327 e. The highest BCUT2D eigenvalue weighted by Crippen LogP contribution is 2.46. The second kappa shape index (κ2) is 6.11. The van der Waals surface area contributed by atoms with Crippen LogP contribution in [0.1, 0.15) is 42.1 Å². The predicted octanol–water partition coefficient (Wildman–Crippen LogP) is 2.27. The van der Waals surface area contributed by atoms with Crippen LogP contribution in [0.3, 0.4) is 0 Å². The van der Waals surface area contributed by atoms with Gasteiger partial charge >= 0.3 is 6.03 Å². The van der Waals surface area contributed by atoms with Crippen molar-refractivity contribution in [2.45, 2.75) is 39.2 Å². The third-order valence-electron chi connectivity index (χ3n) is 6.23. The summed E-state index contributed by atoms with van der Waals surface area (Å²) in [6, 6.07) is 7.26. The number of likely N-dealkylation sites (tertiary alicyclic amines) is 1. The topological polar surface area (TPSA) is 60.9 Å². The van der Waals surface area contributed by atoms with E-state index in [1.165, 1.54) is 4.90 Å². The number of piperidine rings is 1. The summed E-state index contributed by atoms with van der Waals surface area (Å²) in [6.07, 6.45) is 2.44. The van der Waals surface area contributed by atoms with Crippen molar-refractivity contribution in [2.24, 2.45) is 5.41 Å². The van der Waals surface area contributed by atoms with Crippen molar-refractivity contribution >= 4 is 17.8 Å². The van der Waals surface area contributed by atoms with Crippen molar-refractivity contribution in [3.63, 3.8) is 0 Å². The van der Waals surface area contributed by atoms with E-state index in [0.717, 1.165) is 30.4 Å². The molecule has 6 heteroatoms. The number of likely N-dealkylation sites (N-methyl/N-ethyl adjacent to an activating group) is 1. The van der Waals surface area contributed by atoms with E-state index in [4.69, 9.17) is 0 Å². The summed E-state index contributed by atoms with van der Waals surface area (Å²) in [7, 11) is 0. The first-order valence-corrected chi connectivity index (χ1v) is 9.42. The SMILES string of the molecule is CCN1C(=O)C2CC3(CCN(C(=O)c4cccc(C)c4)CC3)CN2C1=O. The van der Waals surface area contributed by atoms with E-state index in [9.17, 15) is 14.4 Å². The summed E-state index contributed by atoms with van der Waals surface area (Å²) in [5, 5.41) is 0. The lowest BCUT2D eigenvalue weighted by molar-refractivity contribution is -0.128. The molecule has 0 aromatic heterocycles. The van der Waals surface area contributed by atoms with E-state index in [2.05, 4.69) is 0 Å². The second-order valence-electron chi connectivity index (χ2n) is 7.87. The molecule has 1 aromatic rings. The molecule has 3 aliphatic heterocycles. The number of carbonyl (C=O) groups excluding carboxylic acids is 3. The molecule has 138 valence electrons. The normalized spacial score (nSPS) is 24.5. The van der Waals surface area contributed by atoms with E-state index < -0.39 is 0 Å². The number of fused-ring (bicyclic) bond motifs is 1. The zero-order chi connectivity index (χ0) is 18.5. The Morgan fingerprint density at radius 3 is 2.58 bits per heavy atom. The second-order valence-corrected chi connectivity index (χ2v) is 7.87. The number of carbonyl (C=O) groups is 3. The Bertz CT molecular complexity index is 741. The zero-order valence-electron chi connectivity index (χ0n) is 15.4. The zero-order valence-corrected chi connectivity index (χ0v) is 15.4. The lowest BCUT2D eigenvalue weighted by Crippen LogP contribution is -2.45. The van der Waals surface area contributed by atoms with Crippen LogP contribution >= 0.6 is 0 Å². The Morgan fingerprint density at radius 1 is 1.23 bits per heavy atom. The molecule has 0 radical (unpaired) electrons. The van der Waals surface area contributed by atoms with E-state index in [1.807, 2.05) is 43.0 Å². The molecule has 3 saturated heterocycles. The summed E-state index contributed by atoms with van der Waals surface area (Å²) in [4.78, 5) is 42.6. The highest BCUT2D eigenvalue weighted by molar-refractivity contribution is 6.04. The predicted molar refractivity (Wildman–Crippen MR) is 96.6 cm³/mol. The lowest BCUT2D eigenvalue weighted by Gasteiger charge is -2.39. The van der Waals surface area contributed by atoms with Gasteiger partial charge in [0.05, 0.1) is 0 Å². The Kier molecular flexibility index (Phi) is 4.01. The number of hydrogen-bond acceptors (Lipinski definition) is 3. The van der Waals surface area contributed by atoms with Gasteiger partial charge in [-0.1, -0.05) is 17.7 Å². The number of nitrogens with zero attached hydrogens (tertiary/aromatic N) is 3. The summed E-state index contributed by atoms with van der Waals surface area (Å²) in [6.45, 7) is 6.28. The van der Waals surface area contributed by atoms with Gasteiger partial charge in [0.25, 0.3) is 11.8 Å². The fraction of sp³-hybridized carbons (Fsp3) is 0.550. The van der Waals surface area contributed by atoms with E-state index >= 15 is 0 Å². The molecular weight excluding hydrogens is 330 g/mol. The van der Waals surface area contributed by atoms with Crippen molar-refractivity contribution in [3.8, 4) is 0 Å². The molecular formula is C20H25N3O3. The maximum absolute atomic E-state index is 12.7. The van der Waals surface area contributed by atoms with Crippen LogP contribution in [0.5, 0.6) is 0 Å². The van der Waals surface area contributed by atoms with Gasteiger partial charge in [0.15, 0.2) is 0 Å². The molecule has 1 atom stereocenters. The van der Waals surface area contributed by atoms with Crippen molar-refractivity contribution in [3.05, 3.63) is 35.4 Å². The summed E-state index contributed by atoms with van der Waals surface area (Å²) in [5.41, 5.74) is 1.80. The van der Waals surface area contributed by atoms with E-state index in [-0.39, 0.29) is 29.3 Å². The molecule has 3 fully saturated rings. The number of benzene rings is 1. The minimum atomic E-state index is -0.290. The number of aryl methyl sites for hydroxylation is 1. The van der Waals surface area contributed by atoms with Crippen LogP contribution in [-0.2, 0) is 4.79 Å². The van der Waals surface area contributed by atoms with Crippen LogP contribution in [0.15, 0.2) is 24.3 Å². The minimum absolute atomic E-state index is 0.0147. The molecule has 0 saturated carbocycles. The van der Waals surface area contributed by atoms with Gasteiger partial charge in [-0.25, -0.2) is 4.79 Å². The first kappa shape index (κ1) is 17.1. The van der Waals surface area contributed by atoms with Gasteiger partial charge in [-0.3, -0.25) is 14.5 Å². The van der Waals surface area contributed by atoms with Gasteiger partial charge in [-0.2, -0.15) is 0 Å². The molecule has 1 aromatic carbocycles. The summed E-state index contributed by atoms with van der Waals surface area (Å²) < 4.78 is 0.